The van der Waals surface area contributed by atoms with Gasteiger partial charge in [-0.05, 0) is 24.9 Å². The molecule has 1 saturated heterocycles. The summed E-state index contributed by atoms with van der Waals surface area (Å²) >= 11 is 0. The van der Waals surface area contributed by atoms with Crippen LogP contribution in [-0.4, -0.2) is 47.5 Å². The molecule has 1 aromatic carbocycles. The zero-order valence-corrected chi connectivity index (χ0v) is 14.1. The van der Waals surface area contributed by atoms with Gasteiger partial charge in [-0.15, -0.1) is 0 Å². The van der Waals surface area contributed by atoms with Crippen LogP contribution in [0.3, 0.4) is 0 Å². The minimum Gasteiger partial charge on any atom is -0.379 e. The van der Waals surface area contributed by atoms with E-state index in [4.69, 9.17) is 4.74 Å². The van der Waals surface area contributed by atoms with Gasteiger partial charge in [0.05, 0.1) is 19.4 Å². The standard InChI is InChI=1S/C19H25N3O2/c23-19-15-18(17-7-3-1-4-8-17)16-20-22(19)10-6-2-5-9-21-11-13-24-14-12-21/h1,3-4,7-8,15-16H,2,5-6,9-14H2. The summed E-state index contributed by atoms with van der Waals surface area (Å²) in [7, 11) is 0. The number of hydrogen-bond acceptors (Lipinski definition) is 4. The van der Waals surface area contributed by atoms with Gasteiger partial charge in [-0.1, -0.05) is 36.8 Å². The molecular formula is C19H25N3O2. The predicted octanol–water partition coefficient (Wildman–Crippen LogP) is 2.41. The fourth-order valence-electron chi connectivity index (χ4n) is 2.99. The number of hydrogen-bond donors (Lipinski definition) is 0. The Hall–Kier alpha value is -1.98. The highest BCUT2D eigenvalue weighted by Crippen LogP contribution is 2.15. The summed E-state index contributed by atoms with van der Waals surface area (Å²) in [5.41, 5.74) is 1.88. The predicted molar refractivity (Wildman–Crippen MR) is 95.0 cm³/mol. The molecule has 5 nitrogen and oxygen atoms in total. The second-order valence-electron chi connectivity index (χ2n) is 6.19. The first-order chi connectivity index (χ1) is 11.8. The average molecular weight is 327 g/mol. The van der Waals surface area contributed by atoms with Gasteiger partial charge in [0, 0.05) is 31.3 Å². The Kier molecular flexibility index (Phi) is 6.15. The molecule has 1 aliphatic heterocycles. The molecule has 0 bridgehead atoms. The Morgan fingerprint density at radius 2 is 1.71 bits per heavy atom. The van der Waals surface area contributed by atoms with Crippen LogP contribution >= 0.6 is 0 Å². The maximum atomic E-state index is 12.2. The number of aryl methyl sites for hydroxylation is 1. The van der Waals surface area contributed by atoms with E-state index in [0.717, 1.165) is 63.2 Å². The molecule has 1 fully saturated rings. The molecule has 2 heterocycles. The highest BCUT2D eigenvalue weighted by Gasteiger charge is 2.09. The first-order valence-corrected chi connectivity index (χ1v) is 8.75. The second kappa shape index (κ2) is 8.76. The topological polar surface area (TPSA) is 47.4 Å². The van der Waals surface area contributed by atoms with Gasteiger partial charge in [-0.3, -0.25) is 9.69 Å². The van der Waals surface area contributed by atoms with Gasteiger partial charge in [-0.25, -0.2) is 4.68 Å². The lowest BCUT2D eigenvalue weighted by atomic mass is 10.1. The summed E-state index contributed by atoms with van der Waals surface area (Å²) in [6.45, 7) is 5.61. The number of nitrogens with zero attached hydrogens (tertiary/aromatic N) is 3. The van der Waals surface area contributed by atoms with E-state index in [9.17, 15) is 4.79 Å². The van der Waals surface area contributed by atoms with Crippen LogP contribution in [0, 0.1) is 0 Å². The van der Waals surface area contributed by atoms with Crippen molar-refractivity contribution in [3.8, 4) is 11.1 Å². The summed E-state index contributed by atoms with van der Waals surface area (Å²) in [4.78, 5) is 14.6. The minimum absolute atomic E-state index is 0.0236. The fraction of sp³-hybridized carbons (Fsp3) is 0.474. The summed E-state index contributed by atoms with van der Waals surface area (Å²) in [6.07, 6.45) is 5.05. The molecule has 1 aliphatic rings. The van der Waals surface area contributed by atoms with Crippen molar-refractivity contribution < 1.29 is 4.74 Å². The van der Waals surface area contributed by atoms with Crippen LogP contribution in [0.5, 0.6) is 0 Å². The van der Waals surface area contributed by atoms with Crippen molar-refractivity contribution in [2.45, 2.75) is 25.8 Å². The summed E-state index contributed by atoms with van der Waals surface area (Å²) < 4.78 is 6.92. The first kappa shape index (κ1) is 16.9. The summed E-state index contributed by atoms with van der Waals surface area (Å²) in [6, 6.07) is 11.6. The van der Waals surface area contributed by atoms with Crippen LogP contribution < -0.4 is 5.56 Å². The van der Waals surface area contributed by atoms with Crippen LogP contribution in [0.25, 0.3) is 11.1 Å². The molecule has 128 valence electrons. The second-order valence-corrected chi connectivity index (χ2v) is 6.19. The van der Waals surface area contributed by atoms with Crippen LogP contribution in [0.4, 0.5) is 0 Å². The number of rotatable bonds is 7. The van der Waals surface area contributed by atoms with Crippen molar-refractivity contribution in [1.82, 2.24) is 14.7 Å². The molecule has 5 heteroatoms. The van der Waals surface area contributed by atoms with Gasteiger partial charge in [0.15, 0.2) is 0 Å². The van der Waals surface area contributed by atoms with E-state index in [1.54, 1.807) is 16.9 Å². The first-order valence-electron chi connectivity index (χ1n) is 8.75. The quantitative estimate of drug-likeness (QED) is 0.733. The van der Waals surface area contributed by atoms with E-state index in [-0.39, 0.29) is 5.56 Å². The highest BCUT2D eigenvalue weighted by atomic mass is 16.5. The smallest absolute Gasteiger partial charge is 0.267 e. The largest absolute Gasteiger partial charge is 0.379 e. The van der Waals surface area contributed by atoms with E-state index in [1.165, 1.54) is 0 Å². The van der Waals surface area contributed by atoms with E-state index in [2.05, 4.69) is 10.00 Å². The Morgan fingerprint density at radius 1 is 0.958 bits per heavy atom. The maximum absolute atomic E-state index is 12.2. The van der Waals surface area contributed by atoms with Gasteiger partial charge in [0.25, 0.3) is 5.56 Å². The van der Waals surface area contributed by atoms with Gasteiger partial charge in [0.1, 0.15) is 0 Å². The number of morpholine rings is 1. The number of unbranched alkanes of at least 4 members (excludes halogenated alkanes) is 2. The van der Waals surface area contributed by atoms with Gasteiger partial charge >= 0.3 is 0 Å². The third-order valence-electron chi connectivity index (χ3n) is 4.42. The number of benzene rings is 1. The molecule has 0 saturated carbocycles. The number of aromatic nitrogens is 2. The molecular weight excluding hydrogens is 302 g/mol. The zero-order valence-electron chi connectivity index (χ0n) is 14.1. The SMILES string of the molecule is O=c1cc(-c2ccccc2)cnn1CCCCCN1CCOCC1. The average Bonchev–Trinajstić information content (AvgIpc) is 2.64. The normalized spacial score (nSPS) is 15.5. The third-order valence-corrected chi connectivity index (χ3v) is 4.42. The molecule has 2 aromatic rings. The van der Waals surface area contributed by atoms with Crippen LogP contribution in [0.1, 0.15) is 19.3 Å². The van der Waals surface area contributed by atoms with Gasteiger partial charge in [0.2, 0.25) is 0 Å². The van der Waals surface area contributed by atoms with Crippen molar-refractivity contribution in [1.29, 1.82) is 0 Å². The third kappa shape index (κ3) is 4.76. The molecule has 0 atom stereocenters. The minimum atomic E-state index is -0.0236. The molecule has 0 N–H and O–H groups in total. The fourth-order valence-corrected chi connectivity index (χ4v) is 2.99. The van der Waals surface area contributed by atoms with Crippen molar-refractivity contribution in [2.24, 2.45) is 0 Å². The van der Waals surface area contributed by atoms with Crippen LogP contribution in [0.2, 0.25) is 0 Å². The van der Waals surface area contributed by atoms with Crippen LogP contribution in [-0.2, 0) is 11.3 Å². The Bertz CT molecular complexity index is 679. The lowest BCUT2D eigenvalue weighted by molar-refractivity contribution is 0.0371. The van der Waals surface area contributed by atoms with Crippen molar-refractivity contribution >= 4 is 0 Å². The molecule has 0 aliphatic carbocycles. The molecule has 3 rings (SSSR count). The molecule has 0 spiro atoms. The van der Waals surface area contributed by atoms with Gasteiger partial charge < -0.3 is 4.74 Å². The highest BCUT2D eigenvalue weighted by molar-refractivity contribution is 5.61. The molecule has 1 aromatic heterocycles. The number of ether oxygens (including phenoxy) is 1. The molecule has 24 heavy (non-hydrogen) atoms. The summed E-state index contributed by atoms with van der Waals surface area (Å²) in [5, 5.41) is 4.32. The lowest BCUT2D eigenvalue weighted by Crippen LogP contribution is -2.36. The van der Waals surface area contributed by atoms with Crippen molar-refractivity contribution in [3.63, 3.8) is 0 Å². The Balaban J connectivity index is 1.45. The van der Waals surface area contributed by atoms with E-state index in [1.807, 2.05) is 30.3 Å². The Labute approximate surface area is 142 Å². The molecule has 0 amide bonds. The van der Waals surface area contributed by atoms with E-state index < -0.39 is 0 Å². The zero-order chi connectivity index (χ0) is 16.6. The van der Waals surface area contributed by atoms with Gasteiger partial charge in [-0.2, -0.15) is 5.10 Å². The monoisotopic (exact) mass is 327 g/mol. The van der Waals surface area contributed by atoms with Crippen molar-refractivity contribution in [3.05, 3.63) is 52.9 Å². The van der Waals surface area contributed by atoms with Crippen LogP contribution in [0.15, 0.2) is 47.4 Å². The molecule has 0 unspecified atom stereocenters. The molecule has 0 radical (unpaired) electrons. The lowest BCUT2D eigenvalue weighted by Gasteiger charge is -2.26. The summed E-state index contributed by atoms with van der Waals surface area (Å²) in [5.74, 6) is 0. The van der Waals surface area contributed by atoms with E-state index in [0.29, 0.717) is 6.54 Å². The van der Waals surface area contributed by atoms with Crippen molar-refractivity contribution in [2.75, 3.05) is 32.8 Å². The van der Waals surface area contributed by atoms with E-state index >= 15 is 0 Å². The maximum Gasteiger partial charge on any atom is 0.267 e. The Morgan fingerprint density at radius 3 is 2.46 bits per heavy atom.